The molecular weight excluding hydrogens is 270 g/mol. The van der Waals surface area contributed by atoms with Crippen LogP contribution in [0.4, 0.5) is 0 Å². The smallest absolute Gasteiger partial charge is 0.118 e. The Morgan fingerprint density at radius 3 is 2.55 bits per heavy atom. The maximum Gasteiger partial charge on any atom is 0.118 e. The molecule has 2 aromatic rings. The van der Waals surface area contributed by atoms with Crippen LogP contribution in [0.5, 0.6) is 5.75 Å². The van der Waals surface area contributed by atoms with Gasteiger partial charge in [0.1, 0.15) is 5.75 Å². The summed E-state index contributed by atoms with van der Waals surface area (Å²) in [6.07, 6.45) is 0.995. The van der Waals surface area contributed by atoms with Gasteiger partial charge in [0.15, 0.2) is 0 Å². The number of nitrogens with one attached hydrogen (secondary N) is 1. The lowest BCUT2D eigenvalue weighted by molar-refractivity contribution is 0.414. The predicted octanol–water partition coefficient (Wildman–Crippen LogP) is 4.24. The van der Waals surface area contributed by atoms with E-state index in [1.165, 1.54) is 11.1 Å². The fraction of sp³-hybridized carbons (Fsp3) is 0.294. The summed E-state index contributed by atoms with van der Waals surface area (Å²) in [6.45, 7) is 3.08. The molecule has 0 aliphatic carbocycles. The molecule has 2 rings (SSSR count). The molecule has 0 bridgehead atoms. The summed E-state index contributed by atoms with van der Waals surface area (Å²) in [4.78, 5) is 0. The molecule has 0 amide bonds. The van der Waals surface area contributed by atoms with Crippen molar-refractivity contribution < 1.29 is 4.74 Å². The summed E-state index contributed by atoms with van der Waals surface area (Å²) in [5.74, 6) is 0.897. The van der Waals surface area contributed by atoms with Crippen LogP contribution in [0.2, 0.25) is 5.02 Å². The minimum absolute atomic E-state index is 0.298. The zero-order valence-corrected chi connectivity index (χ0v) is 12.7. The first-order valence-electron chi connectivity index (χ1n) is 6.81. The fourth-order valence-corrected chi connectivity index (χ4v) is 2.32. The Kier molecular flexibility index (Phi) is 5.45. The number of ether oxygens (including phenoxy) is 1. The largest absolute Gasteiger partial charge is 0.497 e. The second kappa shape index (κ2) is 7.32. The van der Waals surface area contributed by atoms with Gasteiger partial charge in [0.2, 0.25) is 0 Å². The van der Waals surface area contributed by atoms with E-state index in [1.54, 1.807) is 7.11 Å². The standard InChI is InChI=1S/C17H20ClNO/c1-13(15-4-3-5-16(18)12-15)19-11-10-14-6-8-17(20-2)9-7-14/h3-9,12-13,19H,10-11H2,1-2H3/t13-/m1/s1. The molecule has 2 nitrogen and oxygen atoms in total. The lowest BCUT2D eigenvalue weighted by Gasteiger charge is -2.14. The first kappa shape index (κ1) is 14.9. The van der Waals surface area contributed by atoms with Crippen molar-refractivity contribution in [1.82, 2.24) is 5.32 Å². The van der Waals surface area contributed by atoms with Crippen molar-refractivity contribution in [2.24, 2.45) is 0 Å². The first-order valence-corrected chi connectivity index (χ1v) is 7.18. The van der Waals surface area contributed by atoms with Gasteiger partial charge in [-0.1, -0.05) is 35.9 Å². The highest BCUT2D eigenvalue weighted by atomic mass is 35.5. The van der Waals surface area contributed by atoms with Crippen LogP contribution < -0.4 is 10.1 Å². The lowest BCUT2D eigenvalue weighted by Crippen LogP contribution is -2.21. The van der Waals surface area contributed by atoms with Gasteiger partial charge in [-0.2, -0.15) is 0 Å². The maximum absolute atomic E-state index is 6.01. The van der Waals surface area contributed by atoms with Crippen molar-refractivity contribution in [2.75, 3.05) is 13.7 Å². The zero-order chi connectivity index (χ0) is 14.4. The molecular formula is C17H20ClNO. The monoisotopic (exact) mass is 289 g/mol. The molecule has 20 heavy (non-hydrogen) atoms. The summed E-state index contributed by atoms with van der Waals surface area (Å²) >= 11 is 6.01. The molecule has 106 valence electrons. The summed E-state index contributed by atoms with van der Waals surface area (Å²) in [5.41, 5.74) is 2.52. The van der Waals surface area contributed by atoms with Gasteiger partial charge in [-0.25, -0.2) is 0 Å². The highest BCUT2D eigenvalue weighted by Gasteiger charge is 2.04. The van der Waals surface area contributed by atoms with Gasteiger partial charge in [0.05, 0.1) is 7.11 Å². The average molecular weight is 290 g/mol. The van der Waals surface area contributed by atoms with E-state index in [9.17, 15) is 0 Å². The van der Waals surface area contributed by atoms with Crippen LogP contribution in [0.25, 0.3) is 0 Å². The van der Waals surface area contributed by atoms with Crippen molar-refractivity contribution in [3.63, 3.8) is 0 Å². The Morgan fingerprint density at radius 2 is 1.90 bits per heavy atom. The van der Waals surface area contributed by atoms with Gasteiger partial charge in [0.25, 0.3) is 0 Å². The Bertz CT molecular complexity index is 539. The summed E-state index contributed by atoms with van der Waals surface area (Å²) < 4.78 is 5.15. The van der Waals surface area contributed by atoms with Crippen molar-refractivity contribution >= 4 is 11.6 Å². The molecule has 0 spiro atoms. The van der Waals surface area contributed by atoms with Gasteiger partial charge >= 0.3 is 0 Å². The van der Waals surface area contributed by atoms with E-state index in [2.05, 4.69) is 30.4 Å². The third-order valence-corrected chi connectivity index (χ3v) is 3.61. The predicted molar refractivity (Wildman–Crippen MR) is 84.6 cm³/mol. The molecule has 0 saturated heterocycles. The van der Waals surface area contributed by atoms with Crippen molar-refractivity contribution in [3.8, 4) is 5.75 Å². The molecule has 0 fully saturated rings. The minimum Gasteiger partial charge on any atom is -0.497 e. The normalized spacial score (nSPS) is 12.2. The van der Waals surface area contributed by atoms with E-state index in [-0.39, 0.29) is 0 Å². The van der Waals surface area contributed by atoms with Gasteiger partial charge in [-0.3, -0.25) is 0 Å². The molecule has 1 N–H and O–H groups in total. The van der Waals surface area contributed by atoms with E-state index in [0.29, 0.717) is 6.04 Å². The molecule has 0 unspecified atom stereocenters. The van der Waals surface area contributed by atoms with Crippen LogP contribution in [0, 0.1) is 0 Å². The van der Waals surface area contributed by atoms with Crippen LogP contribution in [0.15, 0.2) is 48.5 Å². The number of rotatable bonds is 6. The Hall–Kier alpha value is -1.51. The average Bonchev–Trinajstić information content (AvgIpc) is 2.48. The highest BCUT2D eigenvalue weighted by molar-refractivity contribution is 6.30. The third-order valence-electron chi connectivity index (χ3n) is 3.37. The van der Waals surface area contributed by atoms with Crippen molar-refractivity contribution in [2.45, 2.75) is 19.4 Å². The molecule has 0 aliphatic heterocycles. The van der Waals surface area contributed by atoms with Crippen molar-refractivity contribution in [1.29, 1.82) is 0 Å². The Balaban J connectivity index is 1.82. The highest BCUT2D eigenvalue weighted by Crippen LogP contribution is 2.17. The van der Waals surface area contributed by atoms with E-state index in [1.807, 2.05) is 30.3 Å². The quantitative estimate of drug-likeness (QED) is 0.859. The zero-order valence-electron chi connectivity index (χ0n) is 11.9. The first-order chi connectivity index (χ1) is 9.69. The SMILES string of the molecule is COc1ccc(CCN[C@H](C)c2cccc(Cl)c2)cc1. The molecule has 2 aromatic carbocycles. The van der Waals surface area contributed by atoms with Gasteiger partial charge in [0, 0.05) is 11.1 Å². The number of methoxy groups -OCH3 is 1. The molecule has 0 heterocycles. The van der Waals surface area contributed by atoms with Crippen LogP contribution in [0.3, 0.4) is 0 Å². The summed E-state index contributed by atoms with van der Waals surface area (Å²) in [5, 5.41) is 4.30. The minimum atomic E-state index is 0.298. The third kappa shape index (κ3) is 4.26. The number of halogens is 1. The van der Waals surface area contributed by atoms with E-state index in [4.69, 9.17) is 16.3 Å². The van der Waals surface area contributed by atoms with Gasteiger partial charge in [-0.05, 0) is 55.3 Å². The molecule has 0 aromatic heterocycles. The number of hydrogen-bond donors (Lipinski definition) is 1. The van der Waals surface area contributed by atoms with E-state index in [0.717, 1.165) is 23.7 Å². The van der Waals surface area contributed by atoms with E-state index >= 15 is 0 Å². The molecule has 0 aliphatic rings. The summed E-state index contributed by atoms with van der Waals surface area (Å²) in [7, 11) is 1.68. The van der Waals surface area contributed by atoms with E-state index < -0.39 is 0 Å². The molecule has 0 radical (unpaired) electrons. The van der Waals surface area contributed by atoms with Crippen LogP contribution in [0.1, 0.15) is 24.1 Å². The molecule has 1 atom stereocenters. The van der Waals surface area contributed by atoms with Gasteiger partial charge in [-0.15, -0.1) is 0 Å². The van der Waals surface area contributed by atoms with Crippen molar-refractivity contribution in [3.05, 3.63) is 64.7 Å². The topological polar surface area (TPSA) is 21.3 Å². The van der Waals surface area contributed by atoms with Crippen LogP contribution in [-0.2, 0) is 6.42 Å². The molecule has 0 saturated carbocycles. The van der Waals surface area contributed by atoms with Crippen LogP contribution in [-0.4, -0.2) is 13.7 Å². The number of benzene rings is 2. The van der Waals surface area contributed by atoms with Crippen LogP contribution >= 0.6 is 11.6 Å². The molecule has 3 heteroatoms. The maximum atomic E-state index is 6.01. The second-order valence-corrected chi connectivity index (χ2v) is 5.27. The Labute approximate surface area is 125 Å². The second-order valence-electron chi connectivity index (χ2n) is 4.83. The number of hydrogen-bond acceptors (Lipinski definition) is 2. The lowest BCUT2D eigenvalue weighted by atomic mass is 10.1. The van der Waals surface area contributed by atoms with Gasteiger partial charge < -0.3 is 10.1 Å². The Morgan fingerprint density at radius 1 is 1.15 bits per heavy atom. The fourth-order valence-electron chi connectivity index (χ4n) is 2.12. The summed E-state index contributed by atoms with van der Waals surface area (Å²) in [6, 6.07) is 16.5.